The lowest BCUT2D eigenvalue weighted by molar-refractivity contribution is -0.122. The number of aromatic nitrogens is 1. The third-order valence-electron chi connectivity index (χ3n) is 8.04. The van der Waals surface area contributed by atoms with Crippen LogP contribution in [0.5, 0.6) is 0 Å². The molecule has 3 aromatic rings. The van der Waals surface area contributed by atoms with E-state index < -0.39 is 27.4 Å². The Morgan fingerprint density at radius 3 is 2.30 bits per heavy atom. The lowest BCUT2D eigenvalue weighted by Gasteiger charge is -2.51. The maximum Gasteiger partial charge on any atom is 0.306 e. The molecule has 2 saturated heterocycles. The lowest BCUT2D eigenvalue weighted by Crippen LogP contribution is -2.65. The van der Waals surface area contributed by atoms with Crippen molar-refractivity contribution in [3.8, 4) is 0 Å². The molecule has 2 fully saturated rings. The number of rotatable bonds is 7. The van der Waals surface area contributed by atoms with Crippen molar-refractivity contribution in [1.82, 2.24) is 18.9 Å². The molecular weight excluding hydrogens is 592 g/mol. The van der Waals surface area contributed by atoms with Crippen molar-refractivity contribution >= 4 is 50.9 Å². The number of carbonyl (C=O) groups is 3. The van der Waals surface area contributed by atoms with Gasteiger partial charge in [0.05, 0.1) is 24.0 Å². The molecule has 0 radical (unpaired) electrons. The third-order valence-corrected chi connectivity index (χ3v) is 10.1. The van der Waals surface area contributed by atoms with Crippen LogP contribution in [-0.2, 0) is 20.4 Å². The number of nitrogens with zero attached hydrogens (tertiary/aromatic N) is 4. The fraction of sp³-hybridized carbons (Fsp3) is 0.333. The molecular formula is C30H33ClN6O5S. The van der Waals surface area contributed by atoms with E-state index in [4.69, 9.17) is 11.6 Å². The van der Waals surface area contributed by atoms with Gasteiger partial charge in [0.15, 0.2) is 0 Å². The summed E-state index contributed by atoms with van der Waals surface area (Å²) >= 11 is 6.04. The highest BCUT2D eigenvalue weighted by Gasteiger charge is 2.52. The third kappa shape index (κ3) is 5.46. The summed E-state index contributed by atoms with van der Waals surface area (Å²) in [4.78, 5) is 45.7. The van der Waals surface area contributed by atoms with E-state index in [2.05, 4.69) is 29.5 Å². The average molecular weight is 625 g/mol. The van der Waals surface area contributed by atoms with Crippen LogP contribution in [0.1, 0.15) is 51.6 Å². The SMILES string of the molecule is CNC(=O)c1cc(Cl)ncc1NC(=O)C1(c2ccccc2C(C)C)CN(c2ccc(C(=O)N3CCN(C)S3(=O)=O)cc2)C1. The van der Waals surface area contributed by atoms with Crippen LogP contribution in [0.3, 0.4) is 0 Å². The molecule has 3 heterocycles. The molecule has 0 bridgehead atoms. The molecule has 0 unspecified atom stereocenters. The highest BCUT2D eigenvalue weighted by molar-refractivity contribution is 7.87. The first-order valence-corrected chi connectivity index (χ1v) is 15.6. The van der Waals surface area contributed by atoms with Crippen molar-refractivity contribution in [2.75, 3.05) is 50.5 Å². The zero-order valence-electron chi connectivity index (χ0n) is 24.3. The molecule has 5 rings (SSSR count). The van der Waals surface area contributed by atoms with Gasteiger partial charge >= 0.3 is 10.2 Å². The van der Waals surface area contributed by atoms with E-state index in [0.717, 1.165) is 25.4 Å². The number of halogens is 1. The summed E-state index contributed by atoms with van der Waals surface area (Å²) < 4.78 is 26.9. The molecule has 11 nitrogen and oxygen atoms in total. The molecule has 0 atom stereocenters. The van der Waals surface area contributed by atoms with Crippen LogP contribution in [0, 0.1) is 0 Å². The number of carbonyl (C=O) groups excluding carboxylic acids is 3. The fourth-order valence-corrected chi connectivity index (χ4v) is 6.98. The lowest BCUT2D eigenvalue weighted by atomic mass is 9.69. The van der Waals surface area contributed by atoms with Crippen molar-refractivity contribution in [3.05, 3.63) is 88.2 Å². The number of hydrogen-bond acceptors (Lipinski definition) is 7. The van der Waals surface area contributed by atoms with Crippen LogP contribution >= 0.6 is 11.6 Å². The van der Waals surface area contributed by atoms with Gasteiger partial charge in [-0.2, -0.15) is 12.7 Å². The maximum atomic E-state index is 14.2. The minimum Gasteiger partial charge on any atom is -0.369 e. The molecule has 0 spiro atoms. The predicted octanol–water partition coefficient (Wildman–Crippen LogP) is 3.25. The number of likely N-dealkylation sites (N-methyl/N-ethyl adjacent to an activating group) is 1. The molecule has 2 aliphatic rings. The van der Waals surface area contributed by atoms with Gasteiger partial charge in [0, 0.05) is 45.0 Å². The monoisotopic (exact) mass is 624 g/mol. The van der Waals surface area contributed by atoms with Gasteiger partial charge in [-0.25, -0.2) is 9.29 Å². The van der Waals surface area contributed by atoms with Gasteiger partial charge in [-0.15, -0.1) is 0 Å². The van der Waals surface area contributed by atoms with Gasteiger partial charge in [0.2, 0.25) is 5.91 Å². The molecule has 2 N–H and O–H groups in total. The highest BCUT2D eigenvalue weighted by atomic mass is 35.5. The molecule has 43 heavy (non-hydrogen) atoms. The van der Waals surface area contributed by atoms with Gasteiger partial charge in [-0.1, -0.05) is 49.7 Å². The molecule has 2 aromatic carbocycles. The summed E-state index contributed by atoms with van der Waals surface area (Å²) in [5, 5.41) is 5.63. The Bertz CT molecular complexity index is 1690. The van der Waals surface area contributed by atoms with Crippen LogP contribution in [-0.4, -0.2) is 80.0 Å². The molecule has 0 aliphatic carbocycles. The van der Waals surface area contributed by atoms with Crippen LogP contribution in [0.2, 0.25) is 5.15 Å². The first-order chi connectivity index (χ1) is 20.4. The van der Waals surface area contributed by atoms with Gasteiger partial charge in [0.1, 0.15) is 10.6 Å². The Labute approximate surface area is 256 Å². The average Bonchev–Trinajstić information content (AvgIpc) is 3.24. The predicted molar refractivity (Wildman–Crippen MR) is 165 cm³/mol. The van der Waals surface area contributed by atoms with Gasteiger partial charge in [-0.05, 0) is 47.4 Å². The molecule has 0 saturated carbocycles. The van der Waals surface area contributed by atoms with E-state index in [1.807, 2.05) is 29.2 Å². The van der Waals surface area contributed by atoms with Gasteiger partial charge in [-0.3, -0.25) is 14.4 Å². The Hall–Kier alpha value is -4.00. The van der Waals surface area contributed by atoms with Crippen molar-refractivity contribution in [2.45, 2.75) is 25.2 Å². The van der Waals surface area contributed by atoms with Gasteiger partial charge < -0.3 is 15.5 Å². The largest absolute Gasteiger partial charge is 0.369 e. The van der Waals surface area contributed by atoms with E-state index in [1.54, 1.807) is 24.3 Å². The Morgan fingerprint density at radius 2 is 1.70 bits per heavy atom. The van der Waals surface area contributed by atoms with Crippen molar-refractivity contribution in [2.24, 2.45) is 0 Å². The molecule has 3 amide bonds. The zero-order chi connectivity index (χ0) is 31.1. The van der Waals surface area contributed by atoms with Gasteiger partial charge in [0.25, 0.3) is 11.8 Å². The highest BCUT2D eigenvalue weighted by Crippen LogP contribution is 2.42. The summed E-state index contributed by atoms with van der Waals surface area (Å²) in [6, 6.07) is 15.9. The number of benzene rings is 2. The van der Waals surface area contributed by atoms with E-state index in [1.165, 1.54) is 26.4 Å². The molecule has 226 valence electrons. The summed E-state index contributed by atoms with van der Waals surface area (Å²) in [7, 11) is -0.876. The van der Waals surface area contributed by atoms with Crippen LogP contribution in [0.4, 0.5) is 11.4 Å². The van der Waals surface area contributed by atoms with Crippen LogP contribution in [0.25, 0.3) is 0 Å². The number of amides is 3. The topological polar surface area (TPSA) is 132 Å². The molecule has 13 heteroatoms. The maximum absolute atomic E-state index is 14.2. The van der Waals surface area contributed by atoms with Crippen molar-refractivity contribution < 1.29 is 22.8 Å². The second-order valence-electron chi connectivity index (χ2n) is 11.0. The molecule has 1 aromatic heterocycles. The number of anilines is 2. The Kier molecular flexibility index (Phi) is 8.21. The smallest absolute Gasteiger partial charge is 0.306 e. The molecule has 2 aliphatic heterocycles. The normalized spacial score (nSPS) is 17.4. The van der Waals surface area contributed by atoms with Crippen LogP contribution < -0.4 is 15.5 Å². The summed E-state index contributed by atoms with van der Waals surface area (Å²) in [6.07, 6.45) is 1.37. The number of nitrogens with one attached hydrogen (secondary N) is 2. The van der Waals surface area contributed by atoms with E-state index in [0.29, 0.717) is 13.1 Å². The minimum absolute atomic E-state index is 0.100. The van der Waals surface area contributed by atoms with E-state index in [-0.39, 0.29) is 46.9 Å². The summed E-state index contributed by atoms with van der Waals surface area (Å²) in [5.74, 6) is -1.13. The first kappa shape index (κ1) is 30.5. The van der Waals surface area contributed by atoms with Crippen molar-refractivity contribution in [3.63, 3.8) is 0 Å². The van der Waals surface area contributed by atoms with Crippen LogP contribution in [0.15, 0.2) is 60.8 Å². The number of hydrogen-bond donors (Lipinski definition) is 2. The second kappa shape index (κ2) is 11.6. The summed E-state index contributed by atoms with van der Waals surface area (Å²) in [5.41, 5.74) is 2.46. The summed E-state index contributed by atoms with van der Waals surface area (Å²) in [6.45, 7) is 5.15. The second-order valence-corrected chi connectivity index (χ2v) is 13.4. The zero-order valence-corrected chi connectivity index (χ0v) is 25.9. The van der Waals surface area contributed by atoms with Crippen molar-refractivity contribution in [1.29, 1.82) is 0 Å². The first-order valence-electron chi connectivity index (χ1n) is 13.8. The Balaban J connectivity index is 1.44. The minimum atomic E-state index is -3.81. The van der Waals surface area contributed by atoms with E-state index >= 15 is 0 Å². The fourth-order valence-electron chi connectivity index (χ4n) is 5.55. The quantitative estimate of drug-likeness (QED) is 0.386. The standard InChI is InChI=1S/C30H33ClN6O5S/c1-19(2)22-7-5-6-8-24(22)30(29(40)34-25-16-33-26(31)15-23(25)27(38)32-3)17-36(18-30)21-11-9-20(10-12-21)28(39)37-14-13-35(4)43(37,41)42/h5-12,15-16,19H,13-14,17-18H2,1-4H3,(H,32,38)(H,34,40). The van der Waals surface area contributed by atoms with E-state index in [9.17, 15) is 22.8 Å². The Morgan fingerprint density at radius 1 is 1.02 bits per heavy atom. The number of pyridine rings is 1.